The number of allylic oxidation sites excluding steroid dienone is 1. The van der Waals surface area contributed by atoms with Crippen molar-refractivity contribution in [1.29, 1.82) is 0 Å². The zero-order valence-corrected chi connectivity index (χ0v) is 11.5. The predicted octanol–water partition coefficient (Wildman–Crippen LogP) is 3.33. The van der Waals surface area contributed by atoms with Crippen LogP contribution in [0.3, 0.4) is 0 Å². The van der Waals surface area contributed by atoms with Crippen LogP contribution in [0.2, 0.25) is 0 Å². The average molecular weight is 268 g/mol. The van der Waals surface area contributed by atoms with Crippen molar-refractivity contribution >= 4 is 11.9 Å². The van der Waals surface area contributed by atoms with Crippen LogP contribution in [0.15, 0.2) is 54.6 Å². The van der Waals surface area contributed by atoms with Crippen molar-refractivity contribution in [3.05, 3.63) is 65.7 Å². The first-order valence-corrected chi connectivity index (χ1v) is 6.24. The molecule has 3 nitrogen and oxygen atoms in total. The van der Waals surface area contributed by atoms with Crippen molar-refractivity contribution in [3.8, 4) is 11.5 Å². The third-order valence-corrected chi connectivity index (χ3v) is 3.03. The molecular formula is C17H16O3. The van der Waals surface area contributed by atoms with Gasteiger partial charge in [-0.2, -0.15) is 0 Å². The van der Waals surface area contributed by atoms with Crippen LogP contribution in [0.25, 0.3) is 5.57 Å². The maximum absolute atomic E-state index is 11.0. The van der Waals surface area contributed by atoms with Gasteiger partial charge in [-0.25, -0.2) is 0 Å². The molecule has 0 atom stereocenters. The summed E-state index contributed by atoms with van der Waals surface area (Å²) in [7, 11) is 3.22. The number of rotatable bonds is 5. The molecule has 3 heteroatoms. The van der Waals surface area contributed by atoms with E-state index in [1.165, 1.54) is 6.08 Å². The van der Waals surface area contributed by atoms with Crippen LogP contribution in [-0.2, 0) is 4.79 Å². The molecule has 0 spiro atoms. The Labute approximate surface area is 118 Å². The molecule has 0 aliphatic rings. The van der Waals surface area contributed by atoms with E-state index < -0.39 is 0 Å². The monoisotopic (exact) mass is 268 g/mol. The zero-order chi connectivity index (χ0) is 14.4. The molecule has 20 heavy (non-hydrogen) atoms. The van der Waals surface area contributed by atoms with E-state index in [9.17, 15) is 4.79 Å². The quantitative estimate of drug-likeness (QED) is 0.616. The molecule has 0 saturated carbocycles. The Hall–Kier alpha value is -2.55. The molecule has 0 saturated heterocycles. The van der Waals surface area contributed by atoms with Gasteiger partial charge in [-0.3, -0.25) is 4.79 Å². The summed E-state index contributed by atoms with van der Waals surface area (Å²) in [5.41, 5.74) is 2.48. The second-order valence-corrected chi connectivity index (χ2v) is 4.12. The molecule has 102 valence electrons. The third-order valence-electron chi connectivity index (χ3n) is 3.03. The molecule has 0 aliphatic carbocycles. The first-order valence-electron chi connectivity index (χ1n) is 6.24. The Balaban J connectivity index is 2.63. The molecule has 0 bridgehead atoms. The van der Waals surface area contributed by atoms with E-state index in [-0.39, 0.29) is 0 Å². The molecule has 0 unspecified atom stereocenters. The highest BCUT2D eigenvalue weighted by atomic mass is 16.5. The normalized spacial score (nSPS) is 9.70. The van der Waals surface area contributed by atoms with Crippen LogP contribution in [0.1, 0.15) is 11.1 Å². The van der Waals surface area contributed by atoms with E-state index in [0.717, 1.165) is 23.0 Å². The molecule has 0 aliphatic heterocycles. The summed E-state index contributed by atoms with van der Waals surface area (Å²) in [5, 5.41) is 0. The van der Waals surface area contributed by atoms with Crippen molar-refractivity contribution in [2.75, 3.05) is 14.2 Å². The molecule has 2 aromatic rings. The lowest BCUT2D eigenvalue weighted by atomic mass is 9.96. The van der Waals surface area contributed by atoms with Crippen LogP contribution in [-0.4, -0.2) is 20.5 Å². The average Bonchev–Trinajstić information content (AvgIpc) is 2.52. The van der Waals surface area contributed by atoms with Gasteiger partial charge in [-0.05, 0) is 23.8 Å². The summed E-state index contributed by atoms with van der Waals surface area (Å²) in [5.74, 6) is 1.43. The maximum atomic E-state index is 11.0. The van der Waals surface area contributed by atoms with Gasteiger partial charge in [0.05, 0.1) is 14.2 Å². The zero-order valence-electron chi connectivity index (χ0n) is 11.5. The van der Waals surface area contributed by atoms with Gasteiger partial charge in [0.15, 0.2) is 0 Å². The van der Waals surface area contributed by atoms with Crippen LogP contribution in [0.4, 0.5) is 0 Å². The molecule has 2 aromatic carbocycles. The Kier molecular flexibility index (Phi) is 4.56. The molecule has 0 fully saturated rings. The number of carbonyl (C=O) groups excluding carboxylic acids is 1. The second kappa shape index (κ2) is 6.57. The number of methoxy groups -OCH3 is 2. The number of ether oxygens (including phenoxy) is 2. The van der Waals surface area contributed by atoms with Gasteiger partial charge in [0.2, 0.25) is 0 Å². The molecular weight excluding hydrogens is 252 g/mol. The summed E-state index contributed by atoms with van der Waals surface area (Å²) in [6.45, 7) is 0. The van der Waals surface area contributed by atoms with Crippen LogP contribution >= 0.6 is 0 Å². The molecule has 0 N–H and O–H groups in total. The predicted molar refractivity (Wildman–Crippen MR) is 79.1 cm³/mol. The topological polar surface area (TPSA) is 35.5 Å². The SMILES string of the molecule is COc1ccccc1C(=CC=O)c1ccccc1OC. The van der Waals surface area contributed by atoms with Gasteiger partial charge >= 0.3 is 0 Å². The molecule has 0 amide bonds. The van der Waals surface area contributed by atoms with Crippen LogP contribution < -0.4 is 9.47 Å². The van der Waals surface area contributed by atoms with Crippen molar-refractivity contribution in [2.45, 2.75) is 0 Å². The Morgan fingerprint density at radius 1 is 0.850 bits per heavy atom. The minimum Gasteiger partial charge on any atom is -0.496 e. The molecule has 0 radical (unpaired) electrons. The smallest absolute Gasteiger partial charge is 0.143 e. The Morgan fingerprint density at radius 2 is 1.30 bits per heavy atom. The van der Waals surface area contributed by atoms with Crippen molar-refractivity contribution in [1.82, 2.24) is 0 Å². The van der Waals surface area contributed by atoms with Crippen molar-refractivity contribution in [3.63, 3.8) is 0 Å². The highest BCUT2D eigenvalue weighted by Gasteiger charge is 2.13. The fourth-order valence-electron chi connectivity index (χ4n) is 2.13. The minimum atomic E-state index is 0.714. The summed E-state index contributed by atoms with van der Waals surface area (Å²) < 4.78 is 10.7. The Morgan fingerprint density at radius 3 is 1.70 bits per heavy atom. The number of hydrogen-bond acceptors (Lipinski definition) is 3. The van der Waals surface area contributed by atoms with Gasteiger partial charge in [0, 0.05) is 11.1 Å². The number of aldehydes is 1. The lowest BCUT2D eigenvalue weighted by molar-refractivity contribution is -0.104. The van der Waals surface area contributed by atoms with Crippen LogP contribution in [0.5, 0.6) is 11.5 Å². The molecule has 0 heterocycles. The van der Waals surface area contributed by atoms with Crippen LogP contribution in [0, 0.1) is 0 Å². The van der Waals surface area contributed by atoms with Gasteiger partial charge in [-0.15, -0.1) is 0 Å². The van der Waals surface area contributed by atoms with Gasteiger partial charge in [0.1, 0.15) is 17.8 Å². The maximum Gasteiger partial charge on any atom is 0.143 e. The summed E-state index contributed by atoms with van der Waals surface area (Å²) >= 11 is 0. The first-order chi connectivity index (χ1) is 9.81. The fraction of sp³-hybridized carbons (Fsp3) is 0.118. The Bertz CT molecular complexity index is 580. The summed E-state index contributed by atoms with van der Waals surface area (Å²) in [6, 6.07) is 15.2. The van der Waals surface area contributed by atoms with E-state index in [1.54, 1.807) is 14.2 Å². The largest absolute Gasteiger partial charge is 0.496 e. The fourth-order valence-corrected chi connectivity index (χ4v) is 2.13. The van der Waals surface area contributed by atoms with E-state index in [4.69, 9.17) is 9.47 Å². The standard InChI is InChI=1S/C17H16O3/c1-19-16-9-5-3-7-14(16)13(11-12-18)15-8-4-6-10-17(15)20-2/h3-12H,1-2H3. The highest BCUT2D eigenvalue weighted by molar-refractivity contribution is 5.93. The lowest BCUT2D eigenvalue weighted by Gasteiger charge is -2.14. The molecule has 0 aromatic heterocycles. The third kappa shape index (κ3) is 2.72. The van der Waals surface area contributed by atoms with Gasteiger partial charge < -0.3 is 9.47 Å². The van der Waals surface area contributed by atoms with Gasteiger partial charge in [0.25, 0.3) is 0 Å². The number of hydrogen-bond donors (Lipinski definition) is 0. The minimum absolute atomic E-state index is 0.714. The summed E-state index contributed by atoms with van der Waals surface area (Å²) in [4.78, 5) is 11.0. The van der Waals surface area contributed by atoms with E-state index >= 15 is 0 Å². The lowest BCUT2D eigenvalue weighted by Crippen LogP contribution is -1.96. The highest BCUT2D eigenvalue weighted by Crippen LogP contribution is 2.35. The first kappa shape index (κ1) is 13.9. The number of para-hydroxylation sites is 2. The van der Waals surface area contributed by atoms with Crippen molar-refractivity contribution in [2.24, 2.45) is 0 Å². The summed E-state index contributed by atoms with van der Waals surface area (Å²) in [6.07, 6.45) is 2.30. The molecule has 2 rings (SSSR count). The van der Waals surface area contributed by atoms with E-state index in [0.29, 0.717) is 11.5 Å². The van der Waals surface area contributed by atoms with E-state index in [1.807, 2.05) is 48.5 Å². The van der Waals surface area contributed by atoms with E-state index in [2.05, 4.69) is 0 Å². The number of benzene rings is 2. The van der Waals surface area contributed by atoms with Gasteiger partial charge in [-0.1, -0.05) is 36.4 Å². The second-order valence-electron chi connectivity index (χ2n) is 4.12. The number of carbonyl (C=O) groups is 1. The van der Waals surface area contributed by atoms with Crippen molar-refractivity contribution < 1.29 is 14.3 Å².